The fourth-order valence-electron chi connectivity index (χ4n) is 2.81. The molecule has 4 aromatic rings. The third kappa shape index (κ3) is 5.76. The van der Waals surface area contributed by atoms with Crippen LogP contribution in [0.15, 0.2) is 54.7 Å². The van der Waals surface area contributed by atoms with E-state index in [1.165, 1.54) is 11.3 Å². The van der Waals surface area contributed by atoms with Gasteiger partial charge in [0.25, 0.3) is 0 Å². The van der Waals surface area contributed by atoms with Crippen molar-refractivity contribution in [2.24, 2.45) is 0 Å². The molecule has 4 N–H and O–H groups in total. The number of anilines is 5. The highest BCUT2D eigenvalue weighted by molar-refractivity contribution is 7.15. The minimum Gasteiger partial charge on any atom is -0.508 e. The number of carbonyl (C=O) groups excluding carboxylic acids is 1. The number of benzene rings is 2. The predicted molar refractivity (Wildman–Crippen MR) is 125 cm³/mol. The lowest BCUT2D eigenvalue weighted by Crippen LogP contribution is -2.13. The van der Waals surface area contributed by atoms with E-state index in [1.807, 2.05) is 31.2 Å². The van der Waals surface area contributed by atoms with Gasteiger partial charge in [0.15, 0.2) is 5.13 Å². The van der Waals surface area contributed by atoms with Crippen molar-refractivity contribution in [3.63, 3.8) is 0 Å². The lowest BCUT2D eigenvalue weighted by Gasteiger charge is -2.07. The van der Waals surface area contributed by atoms with Gasteiger partial charge in [0, 0.05) is 22.4 Å². The maximum absolute atomic E-state index is 12.3. The molecule has 32 heavy (non-hydrogen) atoms. The van der Waals surface area contributed by atoms with E-state index >= 15 is 0 Å². The molecule has 0 aliphatic carbocycles. The molecule has 0 saturated carbocycles. The quantitative estimate of drug-likeness (QED) is 0.309. The number of aromatic hydroxyl groups is 1. The van der Waals surface area contributed by atoms with Crippen molar-refractivity contribution >= 4 is 45.6 Å². The molecule has 0 spiro atoms. The highest BCUT2D eigenvalue weighted by atomic mass is 32.1. The largest absolute Gasteiger partial charge is 0.508 e. The number of nitrogens with one attached hydrogen (secondary N) is 3. The molecule has 0 unspecified atom stereocenters. The van der Waals surface area contributed by atoms with Crippen LogP contribution in [0.4, 0.5) is 28.4 Å². The molecule has 10 heteroatoms. The Hall–Kier alpha value is -4.05. The zero-order valence-electron chi connectivity index (χ0n) is 17.5. The van der Waals surface area contributed by atoms with Crippen molar-refractivity contribution in [2.45, 2.75) is 20.3 Å². The van der Waals surface area contributed by atoms with E-state index in [0.717, 1.165) is 21.8 Å². The molecule has 162 valence electrons. The van der Waals surface area contributed by atoms with Crippen molar-refractivity contribution in [3.05, 3.63) is 71.0 Å². The second kappa shape index (κ2) is 9.40. The monoisotopic (exact) mass is 447 g/mol. The highest BCUT2D eigenvalue weighted by Gasteiger charge is 2.11. The maximum Gasteiger partial charge on any atom is 0.234 e. The fourth-order valence-corrected chi connectivity index (χ4v) is 3.62. The Morgan fingerprint density at radius 3 is 2.28 bits per heavy atom. The van der Waals surface area contributed by atoms with E-state index in [-0.39, 0.29) is 18.1 Å². The standard InChI is InChI=1S/C22H21N7O2S/c1-13-3-5-15(6-4-13)26-19(31)11-18-12-23-22(32-18)29-21-25-14(2)24-20(28-21)27-16-7-9-17(30)10-8-16/h3-10,12,30H,11H2,1-2H3,(H,26,31)(H2,23,24,25,27,28,29). The first-order chi connectivity index (χ1) is 15.4. The van der Waals surface area contributed by atoms with Crippen LogP contribution in [0.1, 0.15) is 16.3 Å². The molecule has 0 saturated heterocycles. The normalized spacial score (nSPS) is 10.6. The molecular weight excluding hydrogens is 426 g/mol. The zero-order chi connectivity index (χ0) is 22.5. The molecule has 1 amide bonds. The summed E-state index contributed by atoms with van der Waals surface area (Å²) in [6.07, 6.45) is 1.88. The Balaban J connectivity index is 1.39. The van der Waals surface area contributed by atoms with E-state index < -0.39 is 0 Å². The molecule has 9 nitrogen and oxygen atoms in total. The summed E-state index contributed by atoms with van der Waals surface area (Å²) in [7, 11) is 0. The lowest BCUT2D eigenvalue weighted by atomic mass is 10.2. The van der Waals surface area contributed by atoms with Gasteiger partial charge in [0.05, 0.1) is 6.42 Å². The molecule has 2 heterocycles. The number of aryl methyl sites for hydroxylation is 2. The SMILES string of the molecule is Cc1ccc(NC(=O)Cc2cnc(Nc3nc(C)nc(Nc4ccc(O)cc4)n3)s2)cc1. The number of amides is 1. The smallest absolute Gasteiger partial charge is 0.234 e. The van der Waals surface area contributed by atoms with Crippen LogP contribution in [-0.2, 0) is 11.2 Å². The number of aromatic nitrogens is 4. The maximum atomic E-state index is 12.3. The van der Waals surface area contributed by atoms with Crippen LogP contribution in [0.5, 0.6) is 5.75 Å². The third-order valence-corrected chi connectivity index (χ3v) is 5.23. The molecular formula is C22H21N7O2S. The van der Waals surface area contributed by atoms with Crippen molar-refractivity contribution in [1.29, 1.82) is 0 Å². The van der Waals surface area contributed by atoms with Crippen LogP contribution >= 0.6 is 11.3 Å². The van der Waals surface area contributed by atoms with Gasteiger partial charge in [-0.05, 0) is 50.2 Å². The van der Waals surface area contributed by atoms with Crippen LogP contribution in [0.25, 0.3) is 0 Å². The topological polar surface area (TPSA) is 125 Å². The number of nitrogens with zero attached hydrogens (tertiary/aromatic N) is 4. The molecule has 0 bridgehead atoms. The summed E-state index contributed by atoms with van der Waals surface area (Å²) in [5, 5.41) is 19.0. The Kier molecular flexibility index (Phi) is 6.22. The van der Waals surface area contributed by atoms with Gasteiger partial charge in [-0.1, -0.05) is 17.7 Å². The van der Waals surface area contributed by atoms with Crippen LogP contribution in [-0.4, -0.2) is 30.9 Å². The van der Waals surface area contributed by atoms with E-state index in [0.29, 0.717) is 22.9 Å². The van der Waals surface area contributed by atoms with Crippen molar-refractivity contribution in [2.75, 3.05) is 16.0 Å². The molecule has 2 aromatic heterocycles. The first-order valence-corrected chi connectivity index (χ1v) is 10.6. The summed E-state index contributed by atoms with van der Waals surface area (Å²) in [6, 6.07) is 14.2. The van der Waals surface area contributed by atoms with Gasteiger partial charge >= 0.3 is 0 Å². The van der Waals surface area contributed by atoms with Gasteiger partial charge in [-0.25, -0.2) is 4.98 Å². The second-order valence-corrected chi connectivity index (χ2v) is 8.16. The van der Waals surface area contributed by atoms with E-state index in [2.05, 4.69) is 35.9 Å². The van der Waals surface area contributed by atoms with Crippen LogP contribution < -0.4 is 16.0 Å². The number of thiazole rings is 1. The Morgan fingerprint density at radius 1 is 0.906 bits per heavy atom. The molecule has 0 aliphatic heterocycles. The number of phenols is 1. The summed E-state index contributed by atoms with van der Waals surface area (Å²) < 4.78 is 0. The molecule has 4 rings (SSSR count). The number of phenolic OH excluding ortho intramolecular Hbond substituents is 1. The second-order valence-electron chi connectivity index (χ2n) is 7.05. The Labute approximate surface area is 188 Å². The van der Waals surface area contributed by atoms with Gasteiger partial charge in [-0.2, -0.15) is 15.0 Å². The van der Waals surface area contributed by atoms with Crippen molar-refractivity contribution in [3.8, 4) is 5.75 Å². The van der Waals surface area contributed by atoms with Crippen LogP contribution in [0.3, 0.4) is 0 Å². The zero-order valence-corrected chi connectivity index (χ0v) is 18.3. The van der Waals surface area contributed by atoms with Crippen molar-refractivity contribution in [1.82, 2.24) is 19.9 Å². The summed E-state index contributed by atoms with van der Waals surface area (Å²) >= 11 is 1.35. The summed E-state index contributed by atoms with van der Waals surface area (Å²) in [5.41, 5.74) is 2.63. The predicted octanol–water partition coefficient (Wildman–Crippen LogP) is 4.32. The molecule has 0 radical (unpaired) electrons. The highest BCUT2D eigenvalue weighted by Crippen LogP contribution is 2.23. The first-order valence-electron chi connectivity index (χ1n) is 9.80. The van der Waals surface area contributed by atoms with Gasteiger partial charge in [-0.3, -0.25) is 10.1 Å². The van der Waals surface area contributed by atoms with Gasteiger partial charge in [0.2, 0.25) is 17.8 Å². The average molecular weight is 448 g/mol. The average Bonchev–Trinajstić information content (AvgIpc) is 3.17. The van der Waals surface area contributed by atoms with Gasteiger partial charge in [0.1, 0.15) is 11.6 Å². The van der Waals surface area contributed by atoms with E-state index in [9.17, 15) is 9.90 Å². The number of rotatable bonds is 7. The third-order valence-electron chi connectivity index (χ3n) is 4.31. The van der Waals surface area contributed by atoms with E-state index in [1.54, 1.807) is 37.4 Å². The molecule has 2 aromatic carbocycles. The number of hydrogen-bond donors (Lipinski definition) is 4. The minimum atomic E-state index is -0.111. The molecule has 0 aliphatic rings. The van der Waals surface area contributed by atoms with Crippen LogP contribution in [0.2, 0.25) is 0 Å². The summed E-state index contributed by atoms with van der Waals surface area (Å²) in [5.74, 6) is 1.29. The van der Waals surface area contributed by atoms with Crippen LogP contribution in [0, 0.1) is 13.8 Å². The lowest BCUT2D eigenvalue weighted by molar-refractivity contribution is -0.115. The fraction of sp³-hybridized carbons (Fsp3) is 0.136. The first kappa shape index (κ1) is 21.2. The molecule has 0 fully saturated rings. The summed E-state index contributed by atoms with van der Waals surface area (Å²) in [6.45, 7) is 3.76. The number of carbonyl (C=O) groups is 1. The molecule has 0 atom stereocenters. The number of hydrogen-bond acceptors (Lipinski definition) is 9. The minimum absolute atomic E-state index is 0.111. The Morgan fingerprint density at radius 2 is 1.56 bits per heavy atom. The summed E-state index contributed by atoms with van der Waals surface area (Å²) in [4.78, 5) is 30.4. The van der Waals surface area contributed by atoms with Gasteiger partial charge in [-0.15, -0.1) is 11.3 Å². The van der Waals surface area contributed by atoms with Crippen molar-refractivity contribution < 1.29 is 9.90 Å². The van der Waals surface area contributed by atoms with E-state index in [4.69, 9.17) is 0 Å². The van der Waals surface area contributed by atoms with Gasteiger partial charge < -0.3 is 15.7 Å². The Bertz CT molecular complexity index is 1220.